The number of carbonyl (C=O) groups is 1. The molecule has 98 valence electrons. The highest BCUT2D eigenvalue weighted by molar-refractivity contribution is 5.63. The van der Waals surface area contributed by atoms with E-state index in [2.05, 4.69) is 0 Å². The average Bonchev–Trinajstić information content (AvgIpc) is 2.51. The molecule has 1 atom stereocenters. The van der Waals surface area contributed by atoms with Crippen LogP contribution in [0.2, 0.25) is 0 Å². The summed E-state index contributed by atoms with van der Waals surface area (Å²) in [5, 5.41) is 0. The smallest absolute Gasteiger partial charge is 0.424 e. The molecule has 1 aromatic rings. The van der Waals surface area contributed by atoms with Crippen molar-refractivity contribution in [2.75, 3.05) is 0 Å². The second-order valence-corrected chi connectivity index (χ2v) is 4.57. The van der Waals surface area contributed by atoms with Crippen LogP contribution in [0.1, 0.15) is 31.1 Å². The molecule has 0 amide bonds. The Kier molecular flexibility index (Phi) is 2.76. The third kappa shape index (κ3) is 2.27. The van der Waals surface area contributed by atoms with E-state index in [4.69, 9.17) is 9.47 Å². The van der Waals surface area contributed by atoms with Crippen LogP contribution in [0.3, 0.4) is 0 Å². The zero-order valence-electron chi connectivity index (χ0n) is 9.75. The van der Waals surface area contributed by atoms with Gasteiger partial charge in [-0.1, -0.05) is 12.1 Å². The Labute approximate surface area is 102 Å². The van der Waals surface area contributed by atoms with Crippen molar-refractivity contribution in [3.05, 3.63) is 35.4 Å². The predicted octanol–water partition coefficient (Wildman–Crippen LogP) is 3.69. The number of halogens is 3. The number of benzene rings is 1. The first-order valence-corrected chi connectivity index (χ1v) is 5.27. The Balaban J connectivity index is 2.28. The Morgan fingerprint density at radius 3 is 2.11 bits per heavy atom. The molecule has 0 aliphatic carbocycles. The molecule has 0 aromatic heterocycles. The third-order valence-corrected chi connectivity index (χ3v) is 2.73. The zero-order valence-corrected chi connectivity index (χ0v) is 9.75. The first kappa shape index (κ1) is 12.7. The summed E-state index contributed by atoms with van der Waals surface area (Å²) in [4.78, 5) is 11.0. The van der Waals surface area contributed by atoms with Crippen LogP contribution in [0.15, 0.2) is 24.3 Å². The first-order valence-electron chi connectivity index (χ1n) is 5.27. The van der Waals surface area contributed by atoms with Gasteiger partial charge in [0.05, 0.1) is 5.56 Å². The second kappa shape index (κ2) is 3.90. The Hall–Kier alpha value is -1.72. The van der Waals surface area contributed by atoms with Crippen molar-refractivity contribution in [3.8, 4) is 0 Å². The van der Waals surface area contributed by atoms with Gasteiger partial charge in [0.15, 0.2) is 11.7 Å². The van der Waals surface area contributed by atoms with Gasteiger partial charge in [-0.2, -0.15) is 13.2 Å². The van der Waals surface area contributed by atoms with Crippen molar-refractivity contribution < 1.29 is 27.4 Å². The average molecular weight is 260 g/mol. The van der Waals surface area contributed by atoms with E-state index < -0.39 is 29.6 Å². The molecule has 6 heteroatoms. The summed E-state index contributed by atoms with van der Waals surface area (Å²) in [6.07, 6.45) is -5.89. The molecule has 0 N–H and O–H groups in total. The van der Waals surface area contributed by atoms with Crippen molar-refractivity contribution in [2.24, 2.45) is 0 Å². The molecule has 1 aliphatic rings. The molecular formula is C12H11F3O3. The predicted molar refractivity (Wildman–Crippen MR) is 55.8 cm³/mol. The lowest BCUT2D eigenvalue weighted by Crippen LogP contribution is -2.26. The molecule has 1 aliphatic heterocycles. The van der Waals surface area contributed by atoms with Gasteiger partial charge in [0.25, 0.3) is 0 Å². The van der Waals surface area contributed by atoms with Crippen molar-refractivity contribution in [3.63, 3.8) is 0 Å². The summed E-state index contributed by atoms with van der Waals surface area (Å²) in [7, 11) is 0. The first-order chi connectivity index (χ1) is 8.20. The summed E-state index contributed by atoms with van der Waals surface area (Å²) in [5.41, 5.74) is -1.16. The molecule has 0 radical (unpaired) electrons. The normalized spacial score (nSPS) is 22.5. The minimum absolute atomic E-state index is 0.471. The number of hydrogen-bond acceptors (Lipinski definition) is 3. The fraction of sp³-hybridized carbons (Fsp3) is 0.417. The van der Waals surface area contributed by atoms with E-state index in [0.717, 1.165) is 12.1 Å². The lowest BCUT2D eigenvalue weighted by Gasteiger charge is -2.22. The molecular weight excluding hydrogens is 249 g/mol. The molecule has 0 unspecified atom stereocenters. The van der Waals surface area contributed by atoms with Gasteiger partial charge in [-0.25, -0.2) is 4.79 Å². The minimum atomic E-state index is -4.38. The standard InChI is InChI=1S/C12H11F3O3/c1-11(2)9(17-10(16)18-11)7-3-5-8(6-4-7)12(13,14)15/h3-6,9H,1-2H3/t9-/m1/s1. The van der Waals surface area contributed by atoms with Crippen LogP contribution in [-0.2, 0) is 15.7 Å². The summed E-state index contributed by atoms with van der Waals surface area (Å²) in [6.45, 7) is 3.28. The summed E-state index contributed by atoms with van der Waals surface area (Å²) in [5.74, 6) is 0. The highest BCUT2D eigenvalue weighted by Gasteiger charge is 2.45. The minimum Gasteiger partial charge on any atom is -0.424 e. The van der Waals surface area contributed by atoms with Gasteiger partial charge in [0.2, 0.25) is 0 Å². The van der Waals surface area contributed by atoms with Crippen LogP contribution in [-0.4, -0.2) is 11.8 Å². The van der Waals surface area contributed by atoms with Gasteiger partial charge < -0.3 is 9.47 Å². The monoisotopic (exact) mass is 260 g/mol. The number of carbonyl (C=O) groups excluding carboxylic acids is 1. The van der Waals surface area contributed by atoms with Crippen molar-refractivity contribution in [1.29, 1.82) is 0 Å². The molecule has 0 saturated carbocycles. The maximum absolute atomic E-state index is 12.4. The number of hydrogen-bond donors (Lipinski definition) is 0. The van der Waals surface area contributed by atoms with Crippen molar-refractivity contribution in [1.82, 2.24) is 0 Å². The van der Waals surface area contributed by atoms with Gasteiger partial charge in [-0.05, 0) is 31.5 Å². The maximum Gasteiger partial charge on any atom is 0.509 e. The lowest BCUT2D eigenvalue weighted by molar-refractivity contribution is -0.137. The topological polar surface area (TPSA) is 35.5 Å². The number of alkyl halides is 3. The van der Waals surface area contributed by atoms with Crippen LogP contribution in [0.25, 0.3) is 0 Å². The highest BCUT2D eigenvalue weighted by atomic mass is 19.4. The molecule has 1 saturated heterocycles. The van der Waals surface area contributed by atoms with E-state index in [1.165, 1.54) is 12.1 Å². The summed E-state index contributed by atoms with van der Waals surface area (Å²) in [6, 6.07) is 4.49. The van der Waals surface area contributed by atoms with Crippen LogP contribution >= 0.6 is 0 Å². The van der Waals surface area contributed by atoms with Gasteiger partial charge >= 0.3 is 12.3 Å². The lowest BCUT2D eigenvalue weighted by atomic mass is 9.94. The molecule has 0 bridgehead atoms. The second-order valence-electron chi connectivity index (χ2n) is 4.57. The van der Waals surface area contributed by atoms with Crippen LogP contribution in [0, 0.1) is 0 Å². The maximum atomic E-state index is 12.4. The van der Waals surface area contributed by atoms with Crippen LogP contribution in [0.4, 0.5) is 18.0 Å². The Morgan fingerprint density at radius 2 is 1.72 bits per heavy atom. The fourth-order valence-electron chi connectivity index (χ4n) is 1.85. The van der Waals surface area contributed by atoms with E-state index in [-0.39, 0.29) is 0 Å². The van der Waals surface area contributed by atoms with Gasteiger partial charge in [0, 0.05) is 0 Å². The summed E-state index contributed by atoms with van der Waals surface area (Å²) >= 11 is 0. The molecule has 1 heterocycles. The quantitative estimate of drug-likeness (QED) is 0.722. The summed E-state index contributed by atoms with van der Waals surface area (Å²) < 4.78 is 47.1. The number of cyclic esters (lactones) is 2. The van der Waals surface area contributed by atoms with Gasteiger partial charge in [0.1, 0.15) is 0 Å². The van der Waals surface area contributed by atoms with Crippen LogP contribution in [0.5, 0.6) is 0 Å². The third-order valence-electron chi connectivity index (χ3n) is 2.73. The molecule has 18 heavy (non-hydrogen) atoms. The van der Waals surface area contributed by atoms with Gasteiger partial charge in [-0.15, -0.1) is 0 Å². The zero-order chi connectivity index (χ0) is 13.6. The molecule has 1 aromatic carbocycles. The molecule has 2 rings (SSSR count). The molecule has 0 spiro atoms. The van der Waals surface area contributed by atoms with E-state index >= 15 is 0 Å². The van der Waals surface area contributed by atoms with E-state index in [0.29, 0.717) is 5.56 Å². The van der Waals surface area contributed by atoms with E-state index in [1.807, 2.05) is 0 Å². The van der Waals surface area contributed by atoms with Crippen LogP contribution < -0.4 is 0 Å². The number of rotatable bonds is 1. The van der Waals surface area contributed by atoms with E-state index in [1.54, 1.807) is 13.8 Å². The highest BCUT2D eigenvalue weighted by Crippen LogP contribution is 2.39. The van der Waals surface area contributed by atoms with Crippen molar-refractivity contribution in [2.45, 2.75) is 31.7 Å². The molecule has 1 fully saturated rings. The van der Waals surface area contributed by atoms with E-state index in [9.17, 15) is 18.0 Å². The largest absolute Gasteiger partial charge is 0.509 e. The SMILES string of the molecule is CC1(C)OC(=O)O[C@@H]1c1ccc(C(F)(F)F)cc1. The number of ether oxygens (including phenoxy) is 2. The van der Waals surface area contributed by atoms with Gasteiger partial charge in [-0.3, -0.25) is 0 Å². The molecule has 3 nitrogen and oxygen atoms in total. The Morgan fingerprint density at radius 1 is 1.17 bits per heavy atom. The fourth-order valence-corrected chi connectivity index (χ4v) is 1.85. The van der Waals surface area contributed by atoms with Crippen molar-refractivity contribution >= 4 is 6.16 Å². The Bertz CT molecular complexity index is 462.